The summed E-state index contributed by atoms with van der Waals surface area (Å²) in [6.45, 7) is 3.71. The molecule has 0 spiro atoms. The average Bonchev–Trinajstić information content (AvgIpc) is 2.39. The molecule has 0 fully saturated rings. The van der Waals surface area contributed by atoms with Crippen molar-refractivity contribution in [1.82, 2.24) is 0 Å². The highest BCUT2D eigenvalue weighted by Crippen LogP contribution is 2.31. The molecule has 0 saturated heterocycles. The molecule has 96 valence electrons. The first-order chi connectivity index (χ1) is 8.74. The molecule has 0 amide bonds. The zero-order valence-corrected chi connectivity index (χ0v) is 11.2. The minimum atomic E-state index is -0.837. The van der Waals surface area contributed by atoms with Gasteiger partial charge in [-0.25, -0.2) is 4.79 Å². The van der Waals surface area contributed by atoms with Crippen LogP contribution in [0.1, 0.15) is 23.7 Å². The molecule has 1 aromatic rings. The van der Waals surface area contributed by atoms with E-state index in [1.165, 1.54) is 0 Å². The maximum absolute atomic E-state index is 11.5. The summed E-state index contributed by atoms with van der Waals surface area (Å²) in [7, 11) is 0. The van der Waals surface area contributed by atoms with Gasteiger partial charge in [0.2, 0.25) is 0 Å². The van der Waals surface area contributed by atoms with E-state index in [9.17, 15) is 9.90 Å². The van der Waals surface area contributed by atoms with E-state index in [1.54, 1.807) is 11.8 Å². The number of nitrogens with zero attached hydrogens (tertiary/aromatic N) is 1. The van der Waals surface area contributed by atoms with Crippen LogP contribution in [-0.2, 0) is 0 Å². The normalized spacial score (nSPS) is 14.8. The van der Waals surface area contributed by atoms with E-state index in [-0.39, 0.29) is 0 Å². The lowest BCUT2D eigenvalue weighted by Crippen LogP contribution is -2.28. The molecule has 2 rings (SSSR count). The van der Waals surface area contributed by atoms with Crippen LogP contribution in [0, 0.1) is 0 Å². The van der Waals surface area contributed by atoms with E-state index in [2.05, 4.69) is 17.1 Å². The predicted molar refractivity (Wildman–Crippen MR) is 75.8 cm³/mol. The van der Waals surface area contributed by atoms with Gasteiger partial charge in [-0.05, 0) is 24.3 Å². The quantitative estimate of drug-likeness (QED) is 0.668. The fraction of sp³-hybridized carbons (Fsp3) is 0.357. The number of carboxylic acids is 1. The lowest BCUT2D eigenvalue weighted by Gasteiger charge is -2.27. The Morgan fingerprint density at radius 2 is 2.28 bits per heavy atom. The Morgan fingerprint density at radius 3 is 2.89 bits per heavy atom. The molecule has 1 aliphatic rings. The Kier molecular flexibility index (Phi) is 4.31. The van der Waals surface area contributed by atoms with Crippen molar-refractivity contribution < 1.29 is 9.90 Å². The number of carboxylic acid groups (broad SMARTS) is 1. The average molecular weight is 263 g/mol. The number of hydrogen-bond acceptors (Lipinski definition) is 3. The summed E-state index contributed by atoms with van der Waals surface area (Å²) < 4.78 is 0. The Labute approximate surface area is 111 Å². The highest BCUT2D eigenvalue weighted by Gasteiger charge is 2.19. The molecule has 0 saturated carbocycles. The van der Waals surface area contributed by atoms with Crippen molar-refractivity contribution >= 4 is 23.4 Å². The van der Waals surface area contributed by atoms with Gasteiger partial charge in [-0.3, -0.25) is 0 Å². The van der Waals surface area contributed by atoms with Crippen molar-refractivity contribution in [2.24, 2.45) is 0 Å². The molecule has 4 heteroatoms. The SMILES string of the molecule is CCSc1cccc(N2CC=CCC2)c1C(=O)O. The number of carbonyl (C=O) groups is 1. The van der Waals surface area contributed by atoms with Crippen LogP contribution in [0.3, 0.4) is 0 Å². The topological polar surface area (TPSA) is 40.5 Å². The van der Waals surface area contributed by atoms with Gasteiger partial charge in [0, 0.05) is 18.0 Å². The van der Waals surface area contributed by atoms with Crippen molar-refractivity contribution in [2.75, 3.05) is 23.7 Å². The molecule has 0 radical (unpaired) electrons. The number of thioether (sulfide) groups is 1. The molecular weight excluding hydrogens is 246 g/mol. The maximum Gasteiger partial charge on any atom is 0.338 e. The molecule has 1 aliphatic heterocycles. The molecule has 1 heterocycles. The highest BCUT2D eigenvalue weighted by molar-refractivity contribution is 7.99. The standard InChI is InChI=1S/C14H17NO2S/c1-2-18-12-8-6-7-11(13(12)14(16)17)15-9-4-3-5-10-15/h3-4,6-8H,2,5,9-10H2,1H3,(H,16,17). The number of hydrogen-bond donors (Lipinski definition) is 1. The third kappa shape index (κ3) is 2.70. The van der Waals surface area contributed by atoms with Crippen LogP contribution in [0.4, 0.5) is 5.69 Å². The van der Waals surface area contributed by atoms with Crippen molar-refractivity contribution in [3.63, 3.8) is 0 Å². The molecule has 3 nitrogen and oxygen atoms in total. The van der Waals surface area contributed by atoms with E-state index in [1.807, 2.05) is 25.1 Å². The van der Waals surface area contributed by atoms with Gasteiger partial charge in [0.1, 0.15) is 0 Å². The molecule has 0 aromatic heterocycles. The van der Waals surface area contributed by atoms with E-state index in [4.69, 9.17) is 0 Å². The van der Waals surface area contributed by atoms with Crippen molar-refractivity contribution in [3.8, 4) is 0 Å². The number of rotatable bonds is 4. The maximum atomic E-state index is 11.5. The minimum absolute atomic E-state index is 0.444. The van der Waals surface area contributed by atoms with Gasteiger partial charge in [-0.1, -0.05) is 25.1 Å². The Hall–Kier alpha value is -1.42. The van der Waals surface area contributed by atoms with Crippen LogP contribution in [0.5, 0.6) is 0 Å². The molecule has 1 aromatic carbocycles. The predicted octanol–water partition coefficient (Wildman–Crippen LogP) is 3.26. The molecule has 18 heavy (non-hydrogen) atoms. The van der Waals surface area contributed by atoms with Gasteiger partial charge in [0.25, 0.3) is 0 Å². The van der Waals surface area contributed by atoms with Gasteiger partial charge in [0.15, 0.2) is 0 Å². The van der Waals surface area contributed by atoms with Crippen molar-refractivity contribution in [1.29, 1.82) is 0 Å². The monoisotopic (exact) mass is 263 g/mol. The third-order valence-corrected chi connectivity index (χ3v) is 3.86. The van der Waals surface area contributed by atoms with Gasteiger partial charge < -0.3 is 10.0 Å². The molecule has 0 bridgehead atoms. The second-order valence-corrected chi connectivity index (χ2v) is 5.40. The number of aromatic carboxylic acids is 1. The zero-order valence-electron chi connectivity index (χ0n) is 10.4. The fourth-order valence-electron chi connectivity index (χ4n) is 2.13. The van der Waals surface area contributed by atoms with Crippen LogP contribution in [0.15, 0.2) is 35.2 Å². The molecule has 0 atom stereocenters. The zero-order chi connectivity index (χ0) is 13.0. The van der Waals surface area contributed by atoms with Gasteiger partial charge in [-0.15, -0.1) is 11.8 Å². The van der Waals surface area contributed by atoms with Crippen LogP contribution in [0.2, 0.25) is 0 Å². The Morgan fingerprint density at radius 1 is 1.44 bits per heavy atom. The van der Waals surface area contributed by atoms with Crippen LogP contribution >= 0.6 is 11.8 Å². The molecular formula is C14H17NO2S. The Bertz CT molecular complexity index is 471. The number of benzene rings is 1. The summed E-state index contributed by atoms with van der Waals surface area (Å²) in [6.07, 6.45) is 5.21. The molecule has 1 N–H and O–H groups in total. The lowest BCUT2D eigenvalue weighted by atomic mass is 10.1. The second kappa shape index (κ2) is 5.96. The van der Waals surface area contributed by atoms with Gasteiger partial charge >= 0.3 is 5.97 Å². The van der Waals surface area contributed by atoms with Gasteiger partial charge in [-0.2, -0.15) is 0 Å². The first-order valence-electron chi connectivity index (χ1n) is 6.13. The van der Waals surface area contributed by atoms with E-state index >= 15 is 0 Å². The summed E-state index contributed by atoms with van der Waals surface area (Å²) in [6, 6.07) is 5.74. The van der Waals surface area contributed by atoms with Crippen molar-refractivity contribution in [3.05, 3.63) is 35.9 Å². The summed E-state index contributed by atoms with van der Waals surface area (Å²) in [5.74, 6) is 0.0417. The highest BCUT2D eigenvalue weighted by atomic mass is 32.2. The summed E-state index contributed by atoms with van der Waals surface area (Å²) in [5, 5.41) is 9.45. The van der Waals surface area contributed by atoms with E-state index < -0.39 is 5.97 Å². The summed E-state index contributed by atoms with van der Waals surface area (Å²) >= 11 is 1.58. The van der Waals surface area contributed by atoms with E-state index in [0.29, 0.717) is 5.56 Å². The lowest BCUT2D eigenvalue weighted by molar-refractivity contribution is 0.0694. The van der Waals surface area contributed by atoms with Crippen LogP contribution < -0.4 is 4.90 Å². The largest absolute Gasteiger partial charge is 0.478 e. The first kappa shape index (κ1) is 13.0. The van der Waals surface area contributed by atoms with Gasteiger partial charge in [0.05, 0.1) is 11.3 Å². The summed E-state index contributed by atoms with van der Waals surface area (Å²) in [5.41, 5.74) is 1.28. The van der Waals surface area contributed by atoms with Crippen molar-refractivity contribution in [2.45, 2.75) is 18.2 Å². The van der Waals surface area contributed by atoms with Crippen LogP contribution in [-0.4, -0.2) is 29.9 Å². The fourth-order valence-corrected chi connectivity index (χ4v) is 2.96. The van der Waals surface area contributed by atoms with E-state index in [0.717, 1.165) is 35.8 Å². The summed E-state index contributed by atoms with van der Waals surface area (Å²) in [4.78, 5) is 14.5. The molecule has 0 aliphatic carbocycles. The number of anilines is 1. The smallest absolute Gasteiger partial charge is 0.338 e. The first-order valence-corrected chi connectivity index (χ1v) is 7.11. The minimum Gasteiger partial charge on any atom is -0.478 e. The van der Waals surface area contributed by atoms with Crippen LogP contribution in [0.25, 0.3) is 0 Å². The Balaban J connectivity index is 2.42. The third-order valence-electron chi connectivity index (χ3n) is 2.92. The molecule has 0 unspecified atom stereocenters. The second-order valence-electron chi connectivity index (χ2n) is 4.09.